The minimum absolute atomic E-state index is 0.0189. The average Bonchev–Trinajstić information content (AvgIpc) is 2.60. The molecule has 3 rings (SSSR count). The van der Waals surface area contributed by atoms with Crippen molar-refractivity contribution in [1.82, 2.24) is 4.90 Å². The van der Waals surface area contributed by atoms with Gasteiger partial charge in [0.2, 0.25) is 0 Å². The number of hydrogen-bond acceptors (Lipinski definition) is 6. The van der Waals surface area contributed by atoms with Crippen LogP contribution in [0.25, 0.3) is 0 Å². The Morgan fingerprint density at radius 2 is 1.83 bits per heavy atom. The van der Waals surface area contributed by atoms with E-state index in [1.165, 1.54) is 5.56 Å². The largest absolute Gasteiger partial charge is 0.491 e. The number of likely N-dealkylation sites (tertiary alicyclic amines) is 1. The highest BCUT2D eigenvalue weighted by Gasteiger charge is 2.42. The summed E-state index contributed by atoms with van der Waals surface area (Å²) in [7, 11) is 0. The molecule has 2 saturated heterocycles. The van der Waals surface area contributed by atoms with Crippen LogP contribution in [-0.2, 0) is 11.3 Å². The second kappa shape index (κ2) is 7.80. The van der Waals surface area contributed by atoms with Crippen LogP contribution in [0.1, 0.15) is 24.8 Å². The predicted molar refractivity (Wildman–Crippen MR) is 88.8 cm³/mol. The number of nitrogens with zero attached hydrogens (tertiary/aromatic N) is 1. The maximum atomic E-state index is 9.91. The molecule has 2 aliphatic rings. The van der Waals surface area contributed by atoms with E-state index in [2.05, 4.69) is 4.90 Å². The van der Waals surface area contributed by atoms with E-state index in [1.807, 2.05) is 24.3 Å². The fourth-order valence-electron chi connectivity index (χ4n) is 3.53. The number of rotatable bonds is 5. The number of hydrogen-bond donors (Lipinski definition) is 3. The lowest BCUT2D eigenvalue weighted by atomic mass is 9.82. The number of aliphatic hydroxyl groups excluding tert-OH is 3. The second-order valence-electron chi connectivity index (χ2n) is 6.83. The van der Waals surface area contributed by atoms with E-state index < -0.39 is 12.2 Å². The molecule has 2 atom stereocenters. The van der Waals surface area contributed by atoms with Gasteiger partial charge in [-0.25, -0.2) is 0 Å². The predicted octanol–water partition coefficient (Wildman–Crippen LogP) is 0.534. The summed E-state index contributed by atoms with van der Waals surface area (Å²) in [5.74, 6) is 0.772. The molecule has 6 heteroatoms. The summed E-state index contributed by atoms with van der Waals surface area (Å²) in [6.07, 6.45) is 0.874. The highest BCUT2D eigenvalue weighted by atomic mass is 16.5. The van der Waals surface area contributed by atoms with Gasteiger partial charge in [-0.05, 0) is 30.5 Å². The number of ether oxygens (including phenoxy) is 2. The normalized spacial score (nSPS) is 27.3. The molecule has 0 radical (unpaired) electrons. The monoisotopic (exact) mass is 337 g/mol. The third kappa shape index (κ3) is 4.26. The van der Waals surface area contributed by atoms with Crippen LogP contribution in [0.5, 0.6) is 5.75 Å². The zero-order chi connectivity index (χ0) is 17.0. The second-order valence-corrected chi connectivity index (χ2v) is 6.83. The van der Waals surface area contributed by atoms with Gasteiger partial charge in [0.1, 0.15) is 18.5 Å². The summed E-state index contributed by atoms with van der Waals surface area (Å²) in [6.45, 7) is 3.29. The molecule has 0 bridgehead atoms. The highest BCUT2D eigenvalue weighted by Crippen LogP contribution is 2.35. The van der Waals surface area contributed by atoms with Crippen LogP contribution >= 0.6 is 0 Å². The molecule has 0 saturated carbocycles. The first-order chi connectivity index (χ1) is 11.6. The Hall–Kier alpha value is -1.18. The fourth-order valence-corrected chi connectivity index (χ4v) is 3.53. The lowest BCUT2D eigenvalue weighted by Gasteiger charge is -2.46. The van der Waals surface area contributed by atoms with E-state index in [1.54, 1.807) is 0 Å². The van der Waals surface area contributed by atoms with Gasteiger partial charge in [-0.2, -0.15) is 0 Å². The lowest BCUT2D eigenvalue weighted by Crippen LogP contribution is -2.54. The fraction of sp³-hybridized carbons (Fsp3) is 0.667. The maximum Gasteiger partial charge on any atom is 0.119 e. The first-order valence-corrected chi connectivity index (χ1v) is 8.65. The smallest absolute Gasteiger partial charge is 0.119 e. The minimum Gasteiger partial charge on any atom is -0.491 e. The van der Waals surface area contributed by atoms with Crippen LogP contribution < -0.4 is 4.74 Å². The standard InChI is InChI=1S/C18H27NO5/c20-9-10-23-15-3-1-14(2-4-15)12-19-7-5-18(6-8-19)11-16(21)17(22)13-24-18/h1-4,16-17,20-22H,5-13H2/t16-,17+/m1/s1. The Bertz CT molecular complexity index is 513. The Morgan fingerprint density at radius 3 is 2.46 bits per heavy atom. The van der Waals surface area contributed by atoms with Gasteiger partial charge in [0.05, 0.1) is 24.9 Å². The SMILES string of the molecule is OCCOc1ccc(CN2CCC3(CC2)C[C@@H](O)[C@@H](O)CO3)cc1. The Morgan fingerprint density at radius 1 is 1.12 bits per heavy atom. The van der Waals surface area contributed by atoms with E-state index in [9.17, 15) is 10.2 Å². The van der Waals surface area contributed by atoms with Crippen LogP contribution in [-0.4, -0.2) is 70.9 Å². The minimum atomic E-state index is -0.750. The van der Waals surface area contributed by atoms with Crippen LogP contribution in [0.15, 0.2) is 24.3 Å². The van der Waals surface area contributed by atoms with Crippen LogP contribution in [0.4, 0.5) is 0 Å². The molecule has 2 heterocycles. The van der Waals surface area contributed by atoms with Crippen molar-refractivity contribution in [2.24, 2.45) is 0 Å². The zero-order valence-electron chi connectivity index (χ0n) is 13.9. The third-order valence-corrected chi connectivity index (χ3v) is 5.04. The number of benzene rings is 1. The van der Waals surface area contributed by atoms with Gasteiger partial charge < -0.3 is 24.8 Å². The third-order valence-electron chi connectivity index (χ3n) is 5.04. The molecule has 0 amide bonds. The number of aliphatic hydroxyl groups is 3. The van der Waals surface area contributed by atoms with Gasteiger partial charge in [0.25, 0.3) is 0 Å². The van der Waals surface area contributed by atoms with Gasteiger partial charge in [-0.15, -0.1) is 0 Å². The van der Waals surface area contributed by atoms with Gasteiger partial charge in [0.15, 0.2) is 0 Å². The summed E-state index contributed by atoms with van der Waals surface area (Å²) < 4.78 is 11.2. The molecular formula is C18H27NO5. The first kappa shape index (κ1) is 17.6. The lowest BCUT2D eigenvalue weighted by molar-refractivity contribution is -0.188. The topological polar surface area (TPSA) is 82.4 Å². The van der Waals surface area contributed by atoms with E-state index in [0.29, 0.717) is 13.0 Å². The molecule has 6 nitrogen and oxygen atoms in total. The molecule has 0 aliphatic carbocycles. The van der Waals surface area contributed by atoms with Crippen molar-refractivity contribution >= 4 is 0 Å². The average molecular weight is 337 g/mol. The first-order valence-electron chi connectivity index (χ1n) is 8.65. The molecule has 24 heavy (non-hydrogen) atoms. The molecule has 1 spiro atoms. The Kier molecular flexibility index (Phi) is 5.73. The van der Waals surface area contributed by atoms with Crippen molar-refractivity contribution in [3.63, 3.8) is 0 Å². The quantitative estimate of drug-likeness (QED) is 0.727. The van der Waals surface area contributed by atoms with Crippen molar-refractivity contribution < 1.29 is 24.8 Å². The molecule has 2 aliphatic heterocycles. The highest BCUT2D eigenvalue weighted by molar-refractivity contribution is 5.27. The van der Waals surface area contributed by atoms with E-state index in [-0.39, 0.29) is 18.8 Å². The van der Waals surface area contributed by atoms with Crippen LogP contribution in [0.3, 0.4) is 0 Å². The van der Waals surface area contributed by atoms with Crippen molar-refractivity contribution in [3.05, 3.63) is 29.8 Å². The Labute approximate surface area is 142 Å². The summed E-state index contributed by atoms with van der Waals surface area (Å²) in [5.41, 5.74) is 0.958. The Balaban J connectivity index is 1.48. The molecule has 1 aromatic rings. The molecular weight excluding hydrogens is 310 g/mol. The van der Waals surface area contributed by atoms with E-state index in [4.69, 9.17) is 14.6 Å². The van der Waals surface area contributed by atoms with Gasteiger partial charge in [-0.3, -0.25) is 4.90 Å². The van der Waals surface area contributed by atoms with E-state index in [0.717, 1.165) is 38.2 Å². The molecule has 1 aromatic carbocycles. The number of piperidine rings is 1. The summed E-state index contributed by atoms with van der Waals surface area (Å²) >= 11 is 0. The molecule has 2 fully saturated rings. The molecule has 134 valence electrons. The van der Waals surface area contributed by atoms with Crippen LogP contribution in [0, 0.1) is 0 Å². The van der Waals surface area contributed by atoms with Crippen molar-refractivity contribution in [2.45, 2.75) is 43.6 Å². The summed E-state index contributed by atoms with van der Waals surface area (Å²) in [6, 6.07) is 7.96. The van der Waals surface area contributed by atoms with Gasteiger partial charge in [0, 0.05) is 26.1 Å². The molecule has 0 unspecified atom stereocenters. The zero-order valence-corrected chi connectivity index (χ0v) is 13.9. The van der Waals surface area contributed by atoms with Crippen molar-refractivity contribution in [3.8, 4) is 5.75 Å². The van der Waals surface area contributed by atoms with Crippen LogP contribution in [0.2, 0.25) is 0 Å². The summed E-state index contributed by atoms with van der Waals surface area (Å²) in [4.78, 5) is 2.38. The van der Waals surface area contributed by atoms with Gasteiger partial charge >= 0.3 is 0 Å². The molecule has 3 N–H and O–H groups in total. The van der Waals surface area contributed by atoms with Crippen molar-refractivity contribution in [1.29, 1.82) is 0 Å². The molecule has 0 aromatic heterocycles. The summed E-state index contributed by atoms with van der Waals surface area (Å²) in [5, 5.41) is 28.3. The van der Waals surface area contributed by atoms with E-state index >= 15 is 0 Å². The maximum absolute atomic E-state index is 9.91. The van der Waals surface area contributed by atoms with Gasteiger partial charge in [-0.1, -0.05) is 12.1 Å². The van der Waals surface area contributed by atoms with Crippen molar-refractivity contribution in [2.75, 3.05) is 32.9 Å².